The highest BCUT2D eigenvalue weighted by Gasteiger charge is 2.19. The number of carbonyl (C=O) groups excluding carboxylic acids is 1. The number of nitro groups is 1. The average Bonchev–Trinajstić information content (AvgIpc) is 2.42. The first-order valence-corrected chi connectivity index (χ1v) is 7.36. The molecule has 0 radical (unpaired) electrons. The van der Waals surface area contributed by atoms with E-state index in [2.05, 4.69) is 42.2 Å². The molecule has 0 saturated heterocycles. The number of nitro benzene ring substituents is 1. The Morgan fingerprint density at radius 2 is 2.00 bits per heavy atom. The number of hydrogen-bond donors (Lipinski definition) is 1. The molecule has 0 aliphatic rings. The van der Waals surface area contributed by atoms with E-state index in [0.717, 1.165) is 10.2 Å². The first-order valence-electron chi connectivity index (χ1n) is 5.77. The van der Waals surface area contributed by atoms with Crippen molar-refractivity contribution in [3.05, 3.63) is 60.6 Å². The molecular formula is C13H9Br2N3O3. The number of nitrogens with one attached hydrogen (secondary N) is 1. The zero-order valence-electron chi connectivity index (χ0n) is 10.8. The number of aromatic nitrogens is 1. The number of rotatable bonds is 3. The number of pyridine rings is 1. The van der Waals surface area contributed by atoms with Gasteiger partial charge < -0.3 is 5.32 Å². The molecule has 2 rings (SSSR count). The highest BCUT2D eigenvalue weighted by atomic mass is 79.9. The highest BCUT2D eigenvalue weighted by molar-refractivity contribution is 9.11. The second kappa shape index (κ2) is 6.31. The lowest BCUT2D eigenvalue weighted by Crippen LogP contribution is -2.14. The van der Waals surface area contributed by atoms with Crippen LogP contribution in [0.25, 0.3) is 0 Å². The number of hydrogen-bond acceptors (Lipinski definition) is 4. The maximum absolute atomic E-state index is 12.2. The largest absolute Gasteiger partial charge is 0.307 e. The minimum absolute atomic E-state index is 0.140. The van der Waals surface area contributed by atoms with Gasteiger partial charge in [-0.3, -0.25) is 14.9 Å². The van der Waals surface area contributed by atoms with Crippen LogP contribution in [0.3, 0.4) is 0 Å². The number of benzene rings is 1. The summed E-state index contributed by atoms with van der Waals surface area (Å²) >= 11 is 6.41. The number of amides is 1. The van der Waals surface area contributed by atoms with Gasteiger partial charge in [0, 0.05) is 10.5 Å². The molecule has 1 aromatic heterocycles. The first-order chi connectivity index (χ1) is 9.90. The lowest BCUT2D eigenvalue weighted by atomic mass is 10.2. The predicted molar refractivity (Wildman–Crippen MR) is 85.4 cm³/mol. The number of halogens is 2. The van der Waals surface area contributed by atoms with Crippen molar-refractivity contribution in [3.63, 3.8) is 0 Å². The second-order valence-corrected chi connectivity index (χ2v) is 5.76. The molecule has 0 fully saturated rings. The lowest BCUT2D eigenvalue weighted by Gasteiger charge is -2.07. The number of nitrogens with zero attached hydrogens (tertiary/aromatic N) is 2. The molecule has 0 unspecified atom stereocenters. The van der Waals surface area contributed by atoms with Gasteiger partial charge in [0.15, 0.2) is 0 Å². The fraction of sp³-hybridized carbons (Fsp3) is 0.0769. The summed E-state index contributed by atoms with van der Waals surface area (Å²) in [5.74, 6) is -0.0982. The van der Waals surface area contributed by atoms with E-state index in [0.29, 0.717) is 5.82 Å². The molecule has 8 heteroatoms. The molecule has 1 amide bonds. The van der Waals surface area contributed by atoms with Gasteiger partial charge in [-0.15, -0.1) is 0 Å². The Morgan fingerprint density at radius 3 is 2.62 bits per heavy atom. The normalized spacial score (nSPS) is 10.2. The summed E-state index contributed by atoms with van der Waals surface area (Å²) in [7, 11) is 0. The maximum atomic E-state index is 12.2. The summed E-state index contributed by atoms with van der Waals surface area (Å²) in [5, 5.41) is 13.5. The van der Waals surface area contributed by atoms with Gasteiger partial charge in [0.25, 0.3) is 11.6 Å². The molecule has 0 spiro atoms. The van der Waals surface area contributed by atoms with Crippen LogP contribution in [-0.2, 0) is 0 Å². The SMILES string of the molecule is Cc1nc(NC(=O)c2cccc([N+](=O)[O-])c2Br)ccc1Br. The van der Waals surface area contributed by atoms with Gasteiger partial charge in [-0.25, -0.2) is 4.98 Å². The fourth-order valence-electron chi connectivity index (χ4n) is 1.63. The summed E-state index contributed by atoms with van der Waals surface area (Å²) in [4.78, 5) is 26.7. The quantitative estimate of drug-likeness (QED) is 0.605. The van der Waals surface area contributed by atoms with E-state index >= 15 is 0 Å². The second-order valence-electron chi connectivity index (χ2n) is 4.11. The summed E-state index contributed by atoms with van der Waals surface area (Å²) in [6.45, 7) is 1.79. The molecule has 1 N–H and O–H groups in total. The Hall–Kier alpha value is -1.80. The van der Waals surface area contributed by atoms with Gasteiger partial charge >= 0.3 is 0 Å². The average molecular weight is 415 g/mol. The summed E-state index contributed by atoms with van der Waals surface area (Å²) in [5.41, 5.74) is 0.736. The smallest absolute Gasteiger partial charge is 0.284 e. The van der Waals surface area contributed by atoms with E-state index in [4.69, 9.17) is 0 Å². The minimum atomic E-state index is -0.553. The Kier molecular flexibility index (Phi) is 4.69. The molecule has 21 heavy (non-hydrogen) atoms. The van der Waals surface area contributed by atoms with Gasteiger partial charge in [0.05, 0.1) is 16.2 Å². The summed E-state index contributed by atoms with van der Waals surface area (Å²) in [6, 6.07) is 7.68. The van der Waals surface area contributed by atoms with Crippen molar-refractivity contribution >= 4 is 49.3 Å². The number of carbonyl (C=O) groups is 1. The van der Waals surface area contributed by atoms with Crippen molar-refractivity contribution in [2.45, 2.75) is 6.92 Å². The van der Waals surface area contributed by atoms with Crippen LogP contribution in [0.2, 0.25) is 0 Å². The molecule has 6 nitrogen and oxygen atoms in total. The molecule has 1 heterocycles. The van der Waals surface area contributed by atoms with Crippen LogP contribution >= 0.6 is 31.9 Å². The topological polar surface area (TPSA) is 85.1 Å². The highest BCUT2D eigenvalue weighted by Crippen LogP contribution is 2.28. The molecular weight excluding hydrogens is 406 g/mol. The summed E-state index contributed by atoms with van der Waals surface area (Å²) < 4.78 is 0.971. The van der Waals surface area contributed by atoms with Crippen LogP contribution in [0.15, 0.2) is 39.3 Å². The third-order valence-corrected chi connectivity index (χ3v) is 4.35. The first kappa shape index (κ1) is 15.6. The molecule has 2 aromatic rings. The molecule has 1 aromatic carbocycles. The van der Waals surface area contributed by atoms with Crippen LogP contribution in [0.1, 0.15) is 16.1 Å². The van der Waals surface area contributed by atoms with Gasteiger partial charge in [-0.2, -0.15) is 0 Å². The molecule has 0 aliphatic carbocycles. The zero-order chi connectivity index (χ0) is 15.6. The van der Waals surface area contributed by atoms with E-state index in [1.54, 1.807) is 19.1 Å². The van der Waals surface area contributed by atoms with Crippen LogP contribution < -0.4 is 5.32 Å². The van der Waals surface area contributed by atoms with Crippen molar-refractivity contribution in [3.8, 4) is 0 Å². The maximum Gasteiger partial charge on any atom is 0.284 e. The van der Waals surface area contributed by atoms with Crippen LogP contribution in [0.4, 0.5) is 11.5 Å². The summed E-state index contributed by atoms with van der Waals surface area (Å²) in [6.07, 6.45) is 0. The molecule has 0 atom stereocenters. The molecule has 108 valence electrons. The molecule has 0 aliphatic heterocycles. The Labute approximate surface area is 137 Å². The Bertz CT molecular complexity index is 735. The lowest BCUT2D eigenvalue weighted by molar-refractivity contribution is -0.385. The van der Waals surface area contributed by atoms with E-state index in [1.165, 1.54) is 18.2 Å². The third-order valence-electron chi connectivity index (χ3n) is 2.68. The number of aryl methyl sites for hydroxylation is 1. The van der Waals surface area contributed by atoms with E-state index in [9.17, 15) is 14.9 Å². The Morgan fingerprint density at radius 1 is 1.29 bits per heavy atom. The fourth-order valence-corrected chi connectivity index (χ4v) is 2.44. The molecule has 0 saturated carbocycles. The van der Waals surface area contributed by atoms with Gasteiger partial charge in [0.2, 0.25) is 0 Å². The van der Waals surface area contributed by atoms with Crippen LogP contribution in [0.5, 0.6) is 0 Å². The van der Waals surface area contributed by atoms with E-state index in [-0.39, 0.29) is 15.7 Å². The van der Waals surface area contributed by atoms with Gasteiger partial charge in [0.1, 0.15) is 10.3 Å². The van der Waals surface area contributed by atoms with Crippen molar-refractivity contribution < 1.29 is 9.72 Å². The zero-order valence-corrected chi connectivity index (χ0v) is 13.9. The van der Waals surface area contributed by atoms with Gasteiger partial charge in [-0.05, 0) is 57.0 Å². The monoisotopic (exact) mass is 413 g/mol. The van der Waals surface area contributed by atoms with Crippen molar-refractivity contribution in [1.29, 1.82) is 0 Å². The van der Waals surface area contributed by atoms with E-state index in [1.807, 2.05) is 0 Å². The molecule has 0 bridgehead atoms. The minimum Gasteiger partial charge on any atom is -0.307 e. The third kappa shape index (κ3) is 3.45. The van der Waals surface area contributed by atoms with Crippen molar-refractivity contribution in [2.75, 3.05) is 5.32 Å². The standard InChI is InChI=1S/C13H9Br2N3O3/c1-7-9(14)5-6-11(16-7)17-13(19)8-3-2-4-10(12(8)15)18(20)21/h2-6H,1H3,(H,16,17,19). The van der Waals surface area contributed by atoms with Gasteiger partial charge in [-0.1, -0.05) is 6.07 Å². The number of anilines is 1. The van der Waals surface area contributed by atoms with E-state index < -0.39 is 10.8 Å². The van der Waals surface area contributed by atoms with Crippen LogP contribution in [0, 0.1) is 17.0 Å². The van der Waals surface area contributed by atoms with Crippen molar-refractivity contribution in [2.24, 2.45) is 0 Å². The van der Waals surface area contributed by atoms with Crippen LogP contribution in [-0.4, -0.2) is 15.8 Å². The predicted octanol–water partition coefficient (Wildman–Crippen LogP) is 4.08. The Balaban J connectivity index is 2.30. The van der Waals surface area contributed by atoms with Crippen molar-refractivity contribution in [1.82, 2.24) is 4.98 Å².